The topological polar surface area (TPSA) is 36.4 Å². The van der Waals surface area contributed by atoms with Crippen LogP contribution in [-0.2, 0) is 6.54 Å². The largest absolute Gasteiger partial charge is 0.331 e. The molecular formula is C20H24FN3O. The van der Waals surface area contributed by atoms with Gasteiger partial charge in [-0.3, -0.25) is 9.78 Å². The fraction of sp³-hybridized carbons (Fsp3) is 0.400. The maximum Gasteiger partial charge on any atom is 0.255 e. The number of nitrogens with zero attached hydrogens (tertiary/aromatic N) is 3. The standard InChI is InChI=1S/C20H24FN3O/c1-15-7-8-16(13-22-15)20(25)24(18-9-11-23(2)12-10-18)14-17-5-3-4-6-19(17)21/h3-8,13,18H,9-12,14H2,1-2H3. The third-order valence-electron chi connectivity index (χ3n) is 4.85. The predicted octanol–water partition coefficient (Wildman–Crippen LogP) is 3.27. The Hall–Kier alpha value is -2.27. The van der Waals surface area contributed by atoms with E-state index in [2.05, 4.69) is 16.9 Å². The fourth-order valence-electron chi connectivity index (χ4n) is 3.24. The van der Waals surface area contributed by atoms with Crippen molar-refractivity contribution in [2.45, 2.75) is 32.4 Å². The summed E-state index contributed by atoms with van der Waals surface area (Å²) in [5.74, 6) is -0.347. The molecule has 0 aliphatic carbocycles. The molecule has 0 bridgehead atoms. The molecule has 1 aliphatic heterocycles. The second kappa shape index (κ2) is 7.74. The first kappa shape index (κ1) is 17.5. The zero-order chi connectivity index (χ0) is 17.8. The minimum Gasteiger partial charge on any atom is -0.331 e. The predicted molar refractivity (Wildman–Crippen MR) is 95.8 cm³/mol. The van der Waals surface area contributed by atoms with Crippen molar-refractivity contribution in [1.82, 2.24) is 14.8 Å². The summed E-state index contributed by atoms with van der Waals surface area (Å²) < 4.78 is 14.1. The number of hydrogen-bond donors (Lipinski definition) is 0. The molecule has 1 aromatic heterocycles. The van der Waals surface area contributed by atoms with Gasteiger partial charge in [-0.25, -0.2) is 4.39 Å². The fourth-order valence-corrected chi connectivity index (χ4v) is 3.24. The first-order chi connectivity index (χ1) is 12.0. The quantitative estimate of drug-likeness (QED) is 0.856. The minimum absolute atomic E-state index is 0.0784. The van der Waals surface area contributed by atoms with Gasteiger partial charge in [-0.05, 0) is 58.1 Å². The summed E-state index contributed by atoms with van der Waals surface area (Å²) in [5, 5.41) is 0. The number of piperidine rings is 1. The lowest BCUT2D eigenvalue weighted by Crippen LogP contribution is -2.46. The lowest BCUT2D eigenvalue weighted by atomic mass is 10.0. The lowest BCUT2D eigenvalue weighted by molar-refractivity contribution is 0.0566. The third-order valence-corrected chi connectivity index (χ3v) is 4.85. The number of benzene rings is 1. The van der Waals surface area contributed by atoms with Gasteiger partial charge in [0.1, 0.15) is 5.82 Å². The summed E-state index contributed by atoms with van der Waals surface area (Å²) in [6, 6.07) is 10.4. The first-order valence-electron chi connectivity index (χ1n) is 8.70. The smallest absolute Gasteiger partial charge is 0.255 e. The van der Waals surface area contributed by atoms with Crippen LogP contribution in [-0.4, -0.2) is 46.9 Å². The van der Waals surface area contributed by atoms with Gasteiger partial charge in [0.25, 0.3) is 5.91 Å². The third kappa shape index (κ3) is 4.23. The molecule has 4 nitrogen and oxygen atoms in total. The average Bonchev–Trinajstić information content (AvgIpc) is 2.62. The van der Waals surface area contributed by atoms with Crippen molar-refractivity contribution in [3.8, 4) is 0 Å². The Balaban J connectivity index is 1.87. The van der Waals surface area contributed by atoms with E-state index in [4.69, 9.17) is 0 Å². The summed E-state index contributed by atoms with van der Waals surface area (Å²) in [4.78, 5) is 21.4. The molecule has 25 heavy (non-hydrogen) atoms. The average molecular weight is 341 g/mol. The number of likely N-dealkylation sites (tertiary alicyclic amines) is 1. The van der Waals surface area contributed by atoms with Crippen LogP contribution < -0.4 is 0 Å². The number of halogens is 1. The van der Waals surface area contributed by atoms with E-state index in [1.165, 1.54) is 6.07 Å². The molecule has 0 N–H and O–H groups in total. The number of aryl methyl sites for hydroxylation is 1. The Morgan fingerprint density at radius 2 is 1.96 bits per heavy atom. The summed E-state index contributed by atoms with van der Waals surface area (Å²) >= 11 is 0. The van der Waals surface area contributed by atoms with Gasteiger partial charge in [-0.15, -0.1) is 0 Å². The lowest BCUT2D eigenvalue weighted by Gasteiger charge is -2.37. The van der Waals surface area contributed by atoms with E-state index in [1.807, 2.05) is 24.0 Å². The van der Waals surface area contributed by atoms with Gasteiger partial charge in [0.15, 0.2) is 0 Å². The minimum atomic E-state index is -0.268. The number of aromatic nitrogens is 1. The van der Waals surface area contributed by atoms with Crippen LogP contribution in [0.3, 0.4) is 0 Å². The van der Waals surface area contributed by atoms with Crippen molar-refractivity contribution in [2.24, 2.45) is 0 Å². The second-order valence-electron chi connectivity index (χ2n) is 6.75. The van der Waals surface area contributed by atoms with E-state index in [0.29, 0.717) is 11.1 Å². The number of amides is 1. The molecular weight excluding hydrogens is 317 g/mol. The highest BCUT2D eigenvalue weighted by Gasteiger charge is 2.28. The number of carbonyl (C=O) groups is 1. The van der Waals surface area contributed by atoms with Crippen molar-refractivity contribution in [2.75, 3.05) is 20.1 Å². The number of rotatable bonds is 4. The molecule has 1 amide bonds. The van der Waals surface area contributed by atoms with Crippen molar-refractivity contribution in [3.63, 3.8) is 0 Å². The molecule has 0 radical (unpaired) electrons. The molecule has 0 saturated carbocycles. The summed E-state index contributed by atoms with van der Waals surface area (Å²) in [6.07, 6.45) is 3.41. The normalized spacial score (nSPS) is 16.0. The van der Waals surface area contributed by atoms with E-state index < -0.39 is 0 Å². The molecule has 1 saturated heterocycles. The summed E-state index contributed by atoms with van der Waals surface area (Å²) in [6.45, 7) is 4.06. The van der Waals surface area contributed by atoms with Gasteiger partial charge in [0, 0.05) is 30.0 Å². The van der Waals surface area contributed by atoms with Gasteiger partial charge in [-0.2, -0.15) is 0 Å². The zero-order valence-electron chi connectivity index (χ0n) is 14.8. The Morgan fingerprint density at radius 1 is 1.24 bits per heavy atom. The van der Waals surface area contributed by atoms with Crippen LogP contribution in [0, 0.1) is 12.7 Å². The Morgan fingerprint density at radius 3 is 2.60 bits per heavy atom. The van der Waals surface area contributed by atoms with Gasteiger partial charge >= 0.3 is 0 Å². The highest BCUT2D eigenvalue weighted by atomic mass is 19.1. The molecule has 0 spiro atoms. The second-order valence-corrected chi connectivity index (χ2v) is 6.75. The van der Waals surface area contributed by atoms with Crippen molar-refractivity contribution in [3.05, 3.63) is 65.2 Å². The number of carbonyl (C=O) groups excluding carboxylic acids is 1. The highest BCUT2D eigenvalue weighted by molar-refractivity contribution is 5.94. The molecule has 2 heterocycles. The van der Waals surface area contributed by atoms with Crippen LogP contribution in [0.15, 0.2) is 42.6 Å². The molecule has 1 aliphatic rings. The van der Waals surface area contributed by atoms with Crippen molar-refractivity contribution < 1.29 is 9.18 Å². The molecule has 0 atom stereocenters. The van der Waals surface area contributed by atoms with E-state index in [0.717, 1.165) is 31.6 Å². The molecule has 5 heteroatoms. The van der Waals surface area contributed by atoms with Crippen LogP contribution in [0.5, 0.6) is 0 Å². The summed E-state index contributed by atoms with van der Waals surface area (Å²) in [7, 11) is 2.09. The highest BCUT2D eigenvalue weighted by Crippen LogP contribution is 2.22. The van der Waals surface area contributed by atoms with Crippen LogP contribution >= 0.6 is 0 Å². The summed E-state index contributed by atoms with van der Waals surface area (Å²) in [5.41, 5.74) is 1.98. The first-order valence-corrected chi connectivity index (χ1v) is 8.70. The molecule has 2 aromatic rings. The van der Waals surface area contributed by atoms with Crippen LogP contribution in [0.1, 0.15) is 34.5 Å². The van der Waals surface area contributed by atoms with Crippen LogP contribution in [0.2, 0.25) is 0 Å². The van der Waals surface area contributed by atoms with Crippen molar-refractivity contribution >= 4 is 5.91 Å². The molecule has 132 valence electrons. The van der Waals surface area contributed by atoms with Gasteiger partial charge in [-0.1, -0.05) is 18.2 Å². The van der Waals surface area contributed by atoms with Crippen LogP contribution in [0.4, 0.5) is 4.39 Å². The number of pyridine rings is 1. The maximum atomic E-state index is 14.1. The monoisotopic (exact) mass is 341 g/mol. The van der Waals surface area contributed by atoms with Gasteiger partial charge < -0.3 is 9.80 Å². The Bertz CT molecular complexity index is 724. The van der Waals surface area contributed by atoms with E-state index >= 15 is 0 Å². The zero-order valence-corrected chi connectivity index (χ0v) is 14.8. The van der Waals surface area contributed by atoms with Gasteiger partial charge in [0.2, 0.25) is 0 Å². The van der Waals surface area contributed by atoms with Crippen LogP contribution in [0.25, 0.3) is 0 Å². The Labute approximate surface area is 148 Å². The maximum absolute atomic E-state index is 14.1. The SMILES string of the molecule is Cc1ccc(C(=O)N(Cc2ccccc2F)C2CCN(C)CC2)cn1. The molecule has 1 aromatic carbocycles. The number of hydrogen-bond acceptors (Lipinski definition) is 3. The van der Waals surface area contributed by atoms with E-state index in [9.17, 15) is 9.18 Å². The Kier molecular flexibility index (Phi) is 5.43. The van der Waals surface area contributed by atoms with E-state index in [-0.39, 0.29) is 24.3 Å². The molecule has 0 unspecified atom stereocenters. The van der Waals surface area contributed by atoms with E-state index in [1.54, 1.807) is 24.4 Å². The molecule has 1 fully saturated rings. The van der Waals surface area contributed by atoms with Crippen molar-refractivity contribution in [1.29, 1.82) is 0 Å². The van der Waals surface area contributed by atoms with Gasteiger partial charge in [0.05, 0.1) is 5.56 Å². The molecule has 3 rings (SSSR count).